The van der Waals surface area contributed by atoms with Crippen molar-refractivity contribution in [2.24, 2.45) is 0 Å². The highest BCUT2D eigenvalue weighted by Gasteiger charge is 2.19. The molecule has 1 aliphatic rings. The van der Waals surface area contributed by atoms with Crippen LogP contribution < -0.4 is 5.32 Å². The van der Waals surface area contributed by atoms with Crippen LogP contribution in [-0.2, 0) is 0 Å². The van der Waals surface area contributed by atoms with Crippen LogP contribution in [0.3, 0.4) is 0 Å². The monoisotopic (exact) mass is 398 g/mol. The van der Waals surface area contributed by atoms with Gasteiger partial charge in [0.25, 0.3) is 0 Å². The molecule has 3 N–H and O–H groups in total. The summed E-state index contributed by atoms with van der Waals surface area (Å²) in [6.07, 6.45) is 8.05. The fourth-order valence-electron chi connectivity index (χ4n) is 3.90. The molecule has 1 aromatic carbocycles. The summed E-state index contributed by atoms with van der Waals surface area (Å²) in [7, 11) is 0. The first-order chi connectivity index (χ1) is 14.7. The largest absolute Gasteiger partial charge is 0.342 e. The zero-order valence-corrected chi connectivity index (χ0v) is 17.3. The van der Waals surface area contributed by atoms with E-state index in [1.165, 1.54) is 6.42 Å². The molecule has 5 rings (SSSR count). The van der Waals surface area contributed by atoms with Gasteiger partial charge in [0.05, 0.1) is 35.5 Å². The van der Waals surface area contributed by atoms with Gasteiger partial charge < -0.3 is 15.3 Å². The van der Waals surface area contributed by atoms with Crippen LogP contribution in [0.4, 0.5) is 0 Å². The minimum absolute atomic E-state index is 0.354. The minimum atomic E-state index is 0.354. The standard InChI is InChI=1S/C24H26N6/c1-15(2)23-27-14-22(29-23)18-9-10-19(26-12-18)16-5-7-17(8-6-16)21-13-28-24(30-21)20-4-3-11-25-20/h5-10,12-15,20,25H,3-4,11H2,1-2H3,(H,27,29)(H,28,30)/t20-/m0/s1. The molecule has 3 aromatic heterocycles. The third kappa shape index (κ3) is 3.66. The number of rotatable bonds is 5. The second-order valence-electron chi connectivity index (χ2n) is 8.18. The highest BCUT2D eigenvalue weighted by Crippen LogP contribution is 2.27. The number of nitrogens with one attached hydrogen (secondary N) is 3. The predicted octanol–water partition coefficient (Wildman–Crippen LogP) is 5.08. The number of hydrogen-bond acceptors (Lipinski definition) is 4. The Bertz CT molecular complexity index is 1120. The van der Waals surface area contributed by atoms with Crippen molar-refractivity contribution in [3.63, 3.8) is 0 Å². The van der Waals surface area contributed by atoms with Gasteiger partial charge in [-0.1, -0.05) is 38.1 Å². The molecule has 0 bridgehead atoms. The Kier molecular flexibility index (Phi) is 4.93. The van der Waals surface area contributed by atoms with Crippen molar-refractivity contribution in [3.8, 4) is 33.8 Å². The molecule has 1 atom stereocenters. The summed E-state index contributed by atoms with van der Waals surface area (Å²) in [5.41, 5.74) is 6.27. The van der Waals surface area contributed by atoms with Gasteiger partial charge in [0.15, 0.2) is 0 Å². The van der Waals surface area contributed by atoms with E-state index in [2.05, 4.69) is 80.5 Å². The molecule has 30 heavy (non-hydrogen) atoms. The van der Waals surface area contributed by atoms with Gasteiger partial charge in [-0.25, -0.2) is 9.97 Å². The average Bonchev–Trinajstić information content (AvgIpc) is 3.55. The Balaban J connectivity index is 1.32. The summed E-state index contributed by atoms with van der Waals surface area (Å²) in [6.45, 7) is 5.33. The van der Waals surface area contributed by atoms with Gasteiger partial charge in [-0.15, -0.1) is 0 Å². The Morgan fingerprint density at radius 3 is 2.20 bits per heavy atom. The lowest BCUT2D eigenvalue weighted by molar-refractivity contribution is 0.613. The molecule has 152 valence electrons. The molecule has 0 amide bonds. The predicted molar refractivity (Wildman–Crippen MR) is 119 cm³/mol. The van der Waals surface area contributed by atoms with E-state index in [9.17, 15) is 0 Å². The van der Waals surface area contributed by atoms with Gasteiger partial charge >= 0.3 is 0 Å². The van der Waals surface area contributed by atoms with Gasteiger partial charge in [0.1, 0.15) is 11.6 Å². The first-order valence-electron chi connectivity index (χ1n) is 10.6. The second kappa shape index (κ2) is 7.88. The third-order valence-corrected chi connectivity index (χ3v) is 5.69. The molecule has 0 unspecified atom stereocenters. The molecule has 0 radical (unpaired) electrons. The van der Waals surface area contributed by atoms with E-state index in [1.807, 2.05) is 18.6 Å². The lowest BCUT2D eigenvalue weighted by Crippen LogP contribution is -2.14. The number of aromatic nitrogens is 5. The molecule has 6 heteroatoms. The fraction of sp³-hybridized carbons (Fsp3) is 0.292. The van der Waals surface area contributed by atoms with Crippen LogP contribution >= 0.6 is 0 Å². The average molecular weight is 399 g/mol. The Hall–Kier alpha value is -3.25. The normalized spacial score (nSPS) is 16.4. The molecule has 1 saturated heterocycles. The first-order valence-corrected chi connectivity index (χ1v) is 10.6. The zero-order valence-electron chi connectivity index (χ0n) is 17.3. The summed E-state index contributed by atoms with van der Waals surface area (Å²) >= 11 is 0. The van der Waals surface area contributed by atoms with Crippen molar-refractivity contribution in [3.05, 3.63) is 66.6 Å². The summed E-state index contributed by atoms with van der Waals surface area (Å²) in [5.74, 6) is 2.41. The van der Waals surface area contributed by atoms with Crippen LogP contribution in [0.25, 0.3) is 33.8 Å². The maximum atomic E-state index is 4.66. The topological polar surface area (TPSA) is 82.3 Å². The summed E-state index contributed by atoms with van der Waals surface area (Å²) in [5, 5.41) is 3.48. The first kappa shape index (κ1) is 18.8. The van der Waals surface area contributed by atoms with Crippen molar-refractivity contribution in [2.45, 2.75) is 38.6 Å². The van der Waals surface area contributed by atoms with Gasteiger partial charge in [0, 0.05) is 23.2 Å². The molecular formula is C24H26N6. The van der Waals surface area contributed by atoms with Crippen LogP contribution in [-0.4, -0.2) is 31.5 Å². The zero-order chi connectivity index (χ0) is 20.5. The summed E-state index contributed by atoms with van der Waals surface area (Å²) in [4.78, 5) is 20.5. The SMILES string of the molecule is CC(C)c1ncc(-c2ccc(-c3ccc(-c4cnc([C@@H]5CCCN5)[nH]4)cc3)nc2)[nH]1. The van der Waals surface area contributed by atoms with Crippen molar-refractivity contribution < 1.29 is 0 Å². The Morgan fingerprint density at radius 1 is 0.800 bits per heavy atom. The summed E-state index contributed by atoms with van der Waals surface area (Å²) in [6, 6.07) is 13.0. The number of hydrogen-bond donors (Lipinski definition) is 3. The van der Waals surface area contributed by atoms with Crippen LogP contribution in [0.5, 0.6) is 0 Å². The fourth-order valence-corrected chi connectivity index (χ4v) is 3.90. The van der Waals surface area contributed by atoms with E-state index in [0.29, 0.717) is 12.0 Å². The smallest absolute Gasteiger partial charge is 0.123 e. The molecule has 4 heterocycles. The molecule has 0 spiro atoms. The number of aromatic amines is 2. The van der Waals surface area contributed by atoms with Crippen molar-refractivity contribution in [2.75, 3.05) is 6.54 Å². The molecule has 0 saturated carbocycles. The van der Waals surface area contributed by atoms with Gasteiger partial charge in [-0.3, -0.25) is 4.98 Å². The van der Waals surface area contributed by atoms with Crippen molar-refractivity contribution in [1.29, 1.82) is 0 Å². The van der Waals surface area contributed by atoms with Gasteiger partial charge in [-0.05, 0) is 37.1 Å². The van der Waals surface area contributed by atoms with Crippen molar-refractivity contribution >= 4 is 0 Å². The van der Waals surface area contributed by atoms with Crippen LogP contribution in [0.2, 0.25) is 0 Å². The maximum absolute atomic E-state index is 4.66. The van der Waals surface area contributed by atoms with E-state index in [4.69, 9.17) is 0 Å². The molecule has 1 fully saturated rings. The number of nitrogens with zero attached hydrogens (tertiary/aromatic N) is 3. The quantitative estimate of drug-likeness (QED) is 0.438. The molecule has 4 aromatic rings. The van der Waals surface area contributed by atoms with Crippen LogP contribution in [0.15, 0.2) is 55.0 Å². The number of H-pyrrole nitrogens is 2. The number of benzene rings is 1. The molecule has 1 aliphatic heterocycles. The number of pyridine rings is 1. The maximum Gasteiger partial charge on any atom is 0.123 e. The van der Waals surface area contributed by atoms with E-state index in [1.54, 1.807) is 0 Å². The minimum Gasteiger partial charge on any atom is -0.342 e. The Morgan fingerprint density at radius 2 is 1.53 bits per heavy atom. The van der Waals surface area contributed by atoms with Crippen LogP contribution in [0, 0.1) is 0 Å². The molecular weight excluding hydrogens is 372 g/mol. The van der Waals surface area contributed by atoms with Crippen LogP contribution in [0.1, 0.15) is 50.3 Å². The van der Waals surface area contributed by atoms with E-state index in [0.717, 1.165) is 58.4 Å². The van der Waals surface area contributed by atoms with E-state index >= 15 is 0 Å². The van der Waals surface area contributed by atoms with Gasteiger partial charge in [-0.2, -0.15) is 0 Å². The molecule has 6 nitrogen and oxygen atoms in total. The lowest BCUT2D eigenvalue weighted by Gasteiger charge is -2.06. The highest BCUT2D eigenvalue weighted by molar-refractivity contribution is 5.68. The Labute approximate surface area is 176 Å². The molecule has 0 aliphatic carbocycles. The second-order valence-corrected chi connectivity index (χ2v) is 8.18. The van der Waals surface area contributed by atoms with E-state index < -0.39 is 0 Å². The lowest BCUT2D eigenvalue weighted by atomic mass is 10.1. The van der Waals surface area contributed by atoms with Crippen molar-refractivity contribution in [1.82, 2.24) is 30.2 Å². The van der Waals surface area contributed by atoms with Gasteiger partial charge in [0.2, 0.25) is 0 Å². The summed E-state index contributed by atoms with van der Waals surface area (Å²) < 4.78 is 0. The highest BCUT2D eigenvalue weighted by atomic mass is 15.0. The third-order valence-electron chi connectivity index (χ3n) is 5.69. The van der Waals surface area contributed by atoms with E-state index in [-0.39, 0.29) is 0 Å². The number of imidazole rings is 2.